The monoisotopic (exact) mass is 378 g/mol. The molecule has 2 saturated carbocycles. The van der Waals surface area contributed by atoms with E-state index in [1.165, 1.54) is 29.5 Å². The molecule has 0 bridgehead atoms. The van der Waals surface area contributed by atoms with Crippen molar-refractivity contribution in [2.45, 2.75) is 51.0 Å². The molecule has 1 heterocycles. The molecule has 3 aliphatic carbocycles. The molecule has 2 fully saturated rings. The van der Waals surface area contributed by atoms with Crippen LogP contribution in [0.1, 0.15) is 55.3 Å². The van der Waals surface area contributed by atoms with Gasteiger partial charge in [0.2, 0.25) is 0 Å². The first kappa shape index (κ1) is 18.0. The Morgan fingerprint density at radius 1 is 1.29 bits per heavy atom. The summed E-state index contributed by atoms with van der Waals surface area (Å²) in [7, 11) is 3.71. The van der Waals surface area contributed by atoms with E-state index in [1.807, 2.05) is 24.0 Å². The van der Waals surface area contributed by atoms with Crippen molar-refractivity contribution in [2.24, 2.45) is 24.3 Å². The Hall–Kier alpha value is -2.07. The lowest BCUT2D eigenvalue weighted by molar-refractivity contribution is -0.0158. The van der Waals surface area contributed by atoms with E-state index < -0.39 is 0 Å². The average molecular weight is 379 g/mol. The van der Waals surface area contributed by atoms with Gasteiger partial charge in [-0.25, -0.2) is 0 Å². The maximum Gasteiger partial charge on any atom is 0.119 e. The van der Waals surface area contributed by atoms with Crippen LogP contribution in [0, 0.1) is 17.3 Å². The number of aromatic nitrogens is 2. The van der Waals surface area contributed by atoms with Crippen LogP contribution in [0.4, 0.5) is 0 Å². The fourth-order valence-corrected chi connectivity index (χ4v) is 6.40. The van der Waals surface area contributed by atoms with Crippen LogP contribution in [0.2, 0.25) is 0 Å². The van der Waals surface area contributed by atoms with Crippen molar-refractivity contribution in [1.29, 1.82) is 0 Å². The minimum atomic E-state index is -0.342. The smallest absolute Gasteiger partial charge is 0.119 e. The molecule has 1 aromatic carbocycles. The van der Waals surface area contributed by atoms with Crippen LogP contribution in [-0.2, 0) is 13.5 Å². The van der Waals surface area contributed by atoms with Gasteiger partial charge in [-0.1, -0.05) is 13.0 Å². The summed E-state index contributed by atoms with van der Waals surface area (Å²) in [5.74, 6) is 2.80. The Balaban J connectivity index is 1.48. The second-order valence-electron chi connectivity index (χ2n) is 9.23. The molecule has 0 spiro atoms. The summed E-state index contributed by atoms with van der Waals surface area (Å²) in [6, 6.07) is 8.67. The highest BCUT2D eigenvalue weighted by atomic mass is 16.5. The van der Waals surface area contributed by atoms with E-state index in [2.05, 4.69) is 36.3 Å². The van der Waals surface area contributed by atoms with Crippen molar-refractivity contribution in [3.05, 3.63) is 52.9 Å². The van der Waals surface area contributed by atoms with Crippen LogP contribution in [0.25, 0.3) is 6.08 Å². The number of aliphatic hydroxyl groups excluding tert-OH is 1. The quantitative estimate of drug-likeness (QED) is 0.846. The SMILES string of the molecule is COc1ccc2c(c1)CCC1C2CCC2(C)C(O)/C(=C/c3ccnn3C)CC12. The van der Waals surface area contributed by atoms with Gasteiger partial charge in [-0.15, -0.1) is 0 Å². The number of fused-ring (bicyclic) bond motifs is 5. The molecule has 5 atom stereocenters. The van der Waals surface area contributed by atoms with Gasteiger partial charge in [0.25, 0.3) is 0 Å². The Morgan fingerprint density at radius 2 is 2.14 bits per heavy atom. The standard InChI is InChI=1S/C24H30N2O2/c1-24-10-8-20-19-7-5-18(28-3)13-15(19)4-6-21(20)22(24)14-16(23(24)27)12-17-9-11-25-26(17)2/h5,7,9,11-13,20-23,27H,4,6,8,10,14H2,1-3H3/b16-12+. The van der Waals surface area contributed by atoms with E-state index in [-0.39, 0.29) is 11.5 Å². The number of aryl methyl sites for hydroxylation is 2. The number of benzene rings is 1. The Morgan fingerprint density at radius 3 is 2.89 bits per heavy atom. The van der Waals surface area contributed by atoms with Crippen LogP contribution in [-0.4, -0.2) is 28.1 Å². The largest absolute Gasteiger partial charge is 0.497 e. The van der Waals surface area contributed by atoms with Gasteiger partial charge in [-0.2, -0.15) is 5.10 Å². The molecular weight excluding hydrogens is 348 g/mol. The molecule has 5 unspecified atom stereocenters. The number of hydrogen-bond donors (Lipinski definition) is 1. The zero-order valence-corrected chi connectivity index (χ0v) is 17.1. The van der Waals surface area contributed by atoms with Crippen LogP contribution in [0.15, 0.2) is 36.0 Å². The number of hydrogen-bond acceptors (Lipinski definition) is 3. The van der Waals surface area contributed by atoms with Gasteiger partial charge in [0, 0.05) is 18.7 Å². The van der Waals surface area contributed by atoms with Crippen molar-refractivity contribution in [1.82, 2.24) is 9.78 Å². The first-order valence-electron chi connectivity index (χ1n) is 10.5. The Bertz CT molecular complexity index is 930. The summed E-state index contributed by atoms with van der Waals surface area (Å²) in [5, 5.41) is 15.5. The van der Waals surface area contributed by atoms with Gasteiger partial charge in [-0.3, -0.25) is 4.68 Å². The van der Waals surface area contributed by atoms with Gasteiger partial charge in [-0.05, 0) is 90.8 Å². The fraction of sp³-hybridized carbons (Fsp3) is 0.542. The molecule has 0 aliphatic heterocycles. The van der Waals surface area contributed by atoms with E-state index in [0.717, 1.165) is 30.7 Å². The molecule has 3 aliphatic rings. The third-order valence-electron chi connectivity index (χ3n) is 7.99. The molecule has 1 aromatic heterocycles. The van der Waals surface area contributed by atoms with E-state index >= 15 is 0 Å². The van der Waals surface area contributed by atoms with Gasteiger partial charge in [0.15, 0.2) is 0 Å². The second kappa shape index (κ2) is 6.48. The highest BCUT2D eigenvalue weighted by molar-refractivity contribution is 5.52. The number of methoxy groups -OCH3 is 1. The average Bonchev–Trinajstić information content (AvgIpc) is 3.22. The minimum Gasteiger partial charge on any atom is -0.497 e. The van der Waals surface area contributed by atoms with Gasteiger partial charge < -0.3 is 9.84 Å². The Kier molecular flexibility index (Phi) is 4.16. The minimum absolute atomic E-state index is 0.00440. The predicted molar refractivity (Wildman–Crippen MR) is 110 cm³/mol. The van der Waals surface area contributed by atoms with Crippen molar-refractivity contribution < 1.29 is 9.84 Å². The fourth-order valence-electron chi connectivity index (χ4n) is 6.40. The molecule has 28 heavy (non-hydrogen) atoms. The lowest BCUT2D eigenvalue weighted by Crippen LogP contribution is -2.44. The van der Waals surface area contributed by atoms with Crippen molar-refractivity contribution in [3.8, 4) is 5.75 Å². The first-order valence-corrected chi connectivity index (χ1v) is 10.5. The summed E-state index contributed by atoms with van der Waals surface area (Å²) in [4.78, 5) is 0. The number of nitrogens with zero attached hydrogens (tertiary/aromatic N) is 2. The zero-order chi connectivity index (χ0) is 19.5. The molecule has 0 amide bonds. The van der Waals surface area contributed by atoms with Crippen LogP contribution >= 0.6 is 0 Å². The summed E-state index contributed by atoms with van der Waals surface area (Å²) in [6.45, 7) is 2.33. The normalized spacial score (nSPS) is 35.4. The maximum atomic E-state index is 11.3. The summed E-state index contributed by atoms with van der Waals surface area (Å²) in [5.41, 5.74) is 5.26. The predicted octanol–water partition coefficient (Wildman–Crippen LogP) is 4.34. The van der Waals surface area contributed by atoms with Gasteiger partial charge in [0.1, 0.15) is 5.75 Å². The third kappa shape index (κ3) is 2.57. The topological polar surface area (TPSA) is 47.3 Å². The van der Waals surface area contributed by atoms with Crippen LogP contribution < -0.4 is 4.74 Å². The van der Waals surface area contributed by atoms with Crippen LogP contribution in [0.3, 0.4) is 0 Å². The molecule has 4 heteroatoms. The third-order valence-corrected chi connectivity index (χ3v) is 7.99. The molecule has 148 valence electrons. The molecule has 1 N–H and O–H groups in total. The number of aliphatic hydroxyl groups is 1. The summed E-state index contributed by atoms with van der Waals surface area (Å²) in [6.07, 6.45) is 9.28. The first-order chi connectivity index (χ1) is 13.5. The summed E-state index contributed by atoms with van der Waals surface area (Å²) < 4.78 is 7.33. The number of rotatable bonds is 2. The molecule has 0 radical (unpaired) electrons. The van der Waals surface area contributed by atoms with Crippen LogP contribution in [0.5, 0.6) is 5.75 Å². The number of ether oxygens (including phenoxy) is 1. The van der Waals surface area contributed by atoms with E-state index in [0.29, 0.717) is 17.8 Å². The van der Waals surface area contributed by atoms with Gasteiger partial charge in [0.05, 0.1) is 18.9 Å². The molecular formula is C24H30N2O2. The van der Waals surface area contributed by atoms with Gasteiger partial charge >= 0.3 is 0 Å². The van der Waals surface area contributed by atoms with Crippen molar-refractivity contribution in [3.63, 3.8) is 0 Å². The second-order valence-corrected chi connectivity index (χ2v) is 9.23. The highest BCUT2D eigenvalue weighted by Gasteiger charge is 2.56. The Labute approximate surface area is 167 Å². The van der Waals surface area contributed by atoms with E-state index in [9.17, 15) is 5.11 Å². The lowest BCUT2D eigenvalue weighted by atomic mass is 9.55. The highest BCUT2D eigenvalue weighted by Crippen LogP contribution is 2.62. The lowest BCUT2D eigenvalue weighted by Gasteiger charge is -2.49. The molecule has 2 aromatic rings. The maximum absolute atomic E-state index is 11.3. The molecule has 4 nitrogen and oxygen atoms in total. The van der Waals surface area contributed by atoms with Crippen molar-refractivity contribution in [2.75, 3.05) is 7.11 Å². The van der Waals surface area contributed by atoms with E-state index in [1.54, 1.807) is 7.11 Å². The zero-order valence-electron chi connectivity index (χ0n) is 17.1. The van der Waals surface area contributed by atoms with Crippen molar-refractivity contribution >= 4 is 6.08 Å². The summed E-state index contributed by atoms with van der Waals surface area (Å²) >= 11 is 0. The van der Waals surface area contributed by atoms with E-state index in [4.69, 9.17) is 4.74 Å². The molecule has 5 rings (SSSR count). The molecule has 0 saturated heterocycles.